The van der Waals surface area contributed by atoms with Crippen LogP contribution in [-0.4, -0.2) is 24.7 Å². The number of benzene rings is 2. The number of fused-ring (bicyclic) bond motifs is 1. The Morgan fingerprint density at radius 1 is 0.917 bits per heavy atom. The lowest BCUT2D eigenvalue weighted by molar-refractivity contribution is 0.411. The summed E-state index contributed by atoms with van der Waals surface area (Å²) >= 11 is 0. The molecule has 0 spiro atoms. The van der Waals surface area contributed by atoms with Gasteiger partial charge < -0.3 is 8.92 Å². The Kier molecular flexibility index (Phi) is 3.84. The van der Waals surface area contributed by atoms with Crippen molar-refractivity contribution in [3.63, 3.8) is 0 Å². The molecule has 0 unspecified atom stereocenters. The molecule has 2 aromatic carbocycles. The minimum absolute atomic E-state index is 0.0287. The summed E-state index contributed by atoms with van der Waals surface area (Å²) in [5, 5.41) is 0. The number of methoxy groups -OCH3 is 1. The summed E-state index contributed by atoms with van der Waals surface area (Å²) in [6, 6.07) is 10.7. The van der Waals surface area contributed by atoms with E-state index in [1.807, 2.05) is 0 Å². The second-order valence-electron chi connectivity index (χ2n) is 5.27. The zero-order chi connectivity index (χ0) is 17.5. The minimum atomic E-state index is -4.03. The van der Waals surface area contributed by atoms with Crippen molar-refractivity contribution < 1.29 is 17.3 Å². The van der Waals surface area contributed by atoms with E-state index in [0.29, 0.717) is 16.8 Å². The van der Waals surface area contributed by atoms with Crippen molar-refractivity contribution in [1.29, 1.82) is 0 Å². The Morgan fingerprint density at radius 3 is 2.29 bits per heavy atom. The smallest absolute Gasteiger partial charge is 0.339 e. The van der Waals surface area contributed by atoms with Crippen LogP contribution in [0.3, 0.4) is 0 Å². The van der Waals surface area contributed by atoms with Crippen molar-refractivity contribution in [2.45, 2.75) is 4.90 Å². The summed E-state index contributed by atoms with van der Waals surface area (Å²) in [6.07, 6.45) is 0. The van der Waals surface area contributed by atoms with E-state index in [1.165, 1.54) is 40.5 Å². The molecule has 0 amide bonds. The second-order valence-corrected chi connectivity index (χ2v) is 6.81. The third-order valence-corrected chi connectivity index (χ3v) is 5.02. The topological polar surface area (TPSA) is 79.5 Å². The Hall–Kier alpha value is -2.74. The van der Waals surface area contributed by atoms with Crippen molar-refractivity contribution in [3.05, 3.63) is 52.9 Å². The number of imidazole rings is 1. The van der Waals surface area contributed by atoms with Crippen LogP contribution < -0.4 is 14.6 Å². The van der Waals surface area contributed by atoms with Crippen LogP contribution in [0.15, 0.2) is 52.2 Å². The molecule has 8 heteroatoms. The lowest BCUT2D eigenvalue weighted by Crippen LogP contribution is -2.19. The predicted molar refractivity (Wildman–Crippen MR) is 89.0 cm³/mol. The van der Waals surface area contributed by atoms with E-state index >= 15 is 0 Å². The third kappa shape index (κ3) is 2.65. The van der Waals surface area contributed by atoms with Gasteiger partial charge in [0.1, 0.15) is 16.4 Å². The first-order valence-electron chi connectivity index (χ1n) is 7.07. The van der Waals surface area contributed by atoms with Gasteiger partial charge in [-0.05, 0) is 30.3 Å². The number of aromatic nitrogens is 2. The van der Waals surface area contributed by atoms with Crippen LogP contribution >= 0.6 is 0 Å². The van der Waals surface area contributed by atoms with Crippen LogP contribution in [0.2, 0.25) is 0 Å². The summed E-state index contributed by atoms with van der Waals surface area (Å²) in [5.74, 6) is 0.639. The van der Waals surface area contributed by atoms with E-state index in [2.05, 4.69) is 0 Å². The molecular weight excluding hydrogens is 332 g/mol. The first-order chi connectivity index (χ1) is 11.3. The van der Waals surface area contributed by atoms with Crippen LogP contribution in [-0.2, 0) is 24.2 Å². The average molecular weight is 348 g/mol. The van der Waals surface area contributed by atoms with Crippen LogP contribution in [0.1, 0.15) is 0 Å². The van der Waals surface area contributed by atoms with Gasteiger partial charge in [-0.25, -0.2) is 4.79 Å². The van der Waals surface area contributed by atoms with E-state index in [-0.39, 0.29) is 16.3 Å². The average Bonchev–Trinajstić information content (AvgIpc) is 2.79. The highest BCUT2D eigenvalue weighted by Crippen LogP contribution is 2.24. The lowest BCUT2D eigenvalue weighted by Gasteiger charge is -2.08. The van der Waals surface area contributed by atoms with Gasteiger partial charge in [-0.15, -0.1) is 0 Å². The predicted octanol–water partition coefficient (Wildman–Crippen LogP) is 1.65. The van der Waals surface area contributed by atoms with Gasteiger partial charge in [0.15, 0.2) is 0 Å². The molecule has 0 N–H and O–H groups in total. The maximum absolute atomic E-state index is 12.5. The molecule has 1 aromatic heterocycles. The maximum Gasteiger partial charge on any atom is 0.339 e. The molecule has 0 aliphatic rings. The highest BCUT2D eigenvalue weighted by molar-refractivity contribution is 7.87. The molecule has 0 fully saturated rings. The van der Waals surface area contributed by atoms with Crippen LogP contribution in [0, 0.1) is 0 Å². The first kappa shape index (κ1) is 16.1. The van der Waals surface area contributed by atoms with Gasteiger partial charge in [0, 0.05) is 20.2 Å². The van der Waals surface area contributed by atoms with Crippen molar-refractivity contribution >= 4 is 21.2 Å². The van der Waals surface area contributed by atoms with Gasteiger partial charge in [0.05, 0.1) is 18.1 Å². The number of aryl methyl sites for hydroxylation is 2. The molecule has 0 aliphatic carbocycles. The zero-order valence-electron chi connectivity index (χ0n) is 13.4. The second kappa shape index (κ2) is 5.72. The quantitative estimate of drug-likeness (QED) is 0.670. The number of rotatable bonds is 4. The Bertz CT molecular complexity index is 1080. The van der Waals surface area contributed by atoms with E-state index < -0.39 is 10.1 Å². The van der Waals surface area contributed by atoms with Gasteiger partial charge in [0.25, 0.3) is 0 Å². The number of nitrogens with zero attached hydrogens (tertiary/aromatic N) is 2. The molecule has 126 valence electrons. The highest BCUT2D eigenvalue weighted by atomic mass is 32.2. The standard InChI is InChI=1S/C16H16N2O5S/c1-17-14-8-7-13(10-15(14)18(2)16(17)19)24(20,21)23-12-6-4-5-11(9-12)22-3/h4-10H,1-3H3. The van der Waals surface area contributed by atoms with Crippen molar-refractivity contribution in [3.8, 4) is 11.5 Å². The van der Waals surface area contributed by atoms with Gasteiger partial charge in [-0.3, -0.25) is 9.13 Å². The largest absolute Gasteiger partial charge is 0.497 e. The Morgan fingerprint density at radius 2 is 1.58 bits per heavy atom. The summed E-state index contributed by atoms with van der Waals surface area (Å²) in [7, 11) is 0.671. The maximum atomic E-state index is 12.5. The molecule has 3 aromatic rings. The fourth-order valence-electron chi connectivity index (χ4n) is 2.47. The molecule has 0 aliphatic heterocycles. The van der Waals surface area contributed by atoms with Gasteiger partial charge in [0.2, 0.25) is 0 Å². The molecule has 7 nitrogen and oxygen atoms in total. The van der Waals surface area contributed by atoms with E-state index in [1.54, 1.807) is 32.3 Å². The van der Waals surface area contributed by atoms with Crippen molar-refractivity contribution in [1.82, 2.24) is 9.13 Å². The summed E-state index contributed by atoms with van der Waals surface area (Å²) in [6.45, 7) is 0. The molecule has 24 heavy (non-hydrogen) atoms. The number of ether oxygens (including phenoxy) is 1. The summed E-state index contributed by atoms with van der Waals surface area (Å²) in [4.78, 5) is 11.9. The third-order valence-electron chi connectivity index (χ3n) is 3.78. The fraction of sp³-hybridized carbons (Fsp3) is 0.188. The molecule has 0 saturated carbocycles. The van der Waals surface area contributed by atoms with Crippen LogP contribution in [0.4, 0.5) is 0 Å². The highest BCUT2D eigenvalue weighted by Gasteiger charge is 2.19. The number of hydrogen-bond acceptors (Lipinski definition) is 5. The SMILES string of the molecule is COc1cccc(OS(=O)(=O)c2ccc3c(c2)n(C)c(=O)n3C)c1. The Balaban J connectivity index is 2.05. The van der Waals surface area contributed by atoms with Gasteiger partial charge >= 0.3 is 15.8 Å². The van der Waals surface area contributed by atoms with Gasteiger partial charge in [-0.1, -0.05) is 6.07 Å². The zero-order valence-corrected chi connectivity index (χ0v) is 14.2. The van der Waals surface area contributed by atoms with Crippen LogP contribution in [0.25, 0.3) is 11.0 Å². The first-order valence-corrected chi connectivity index (χ1v) is 8.48. The lowest BCUT2D eigenvalue weighted by atomic mass is 10.3. The summed E-state index contributed by atoms with van der Waals surface area (Å²) < 4.78 is 38.0. The monoisotopic (exact) mass is 348 g/mol. The molecule has 0 radical (unpaired) electrons. The normalized spacial score (nSPS) is 11.6. The summed E-state index contributed by atoms with van der Waals surface area (Å²) in [5.41, 5.74) is 0.925. The molecule has 1 heterocycles. The number of hydrogen-bond donors (Lipinski definition) is 0. The molecule has 0 atom stereocenters. The van der Waals surface area contributed by atoms with E-state index in [4.69, 9.17) is 8.92 Å². The van der Waals surface area contributed by atoms with E-state index in [9.17, 15) is 13.2 Å². The van der Waals surface area contributed by atoms with Crippen molar-refractivity contribution in [2.24, 2.45) is 14.1 Å². The molecule has 3 rings (SSSR count). The van der Waals surface area contributed by atoms with Gasteiger partial charge in [-0.2, -0.15) is 8.42 Å². The van der Waals surface area contributed by atoms with Crippen molar-refractivity contribution in [2.75, 3.05) is 7.11 Å². The minimum Gasteiger partial charge on any atom is -0.497 e. The van der Waals surface area contributed by atoms with E-state index in [0.717, 1.165) is 0 Å². The molecule has 0 bridgehead atoms. The Labute approximate surface area is 138 Å². The van der Waals surface area contributed by atoms with Crippen LogP contribution in [0.5, 0.6) is 11.5 Å². The molecule has 0 saturated heterocycles. The fourth-order valence-corrected chi connectivity index (χ4v) is 3.41. The molecular formula is C16H16N2O5S.